The molecule has 0 aliphatic heterocycles. The number of aromatic amines is 1. The minimum absolute atomic E-state index is 0.00774. The lowest BCUT2D eigenvalue weighted by Crippen LogP contribution is -1.97. The number of halogens is 2. The maximum Gasteiger partial charge on any atom is 0.212 e. The van der Waals surface area contributed by atoms with Crippen LogP contribution in [0.3, 0.4) is 0 Å². The number of aromatic nitrogens is 4. The molecule has 3 heterocycles. The molecule has 27 heavy (non-hydrogen) atoms. The van der Waals surface area contributed by atoms with Gasteiger partial charge in [0.15, 0.2) is 11.6 Å². The van der Waals surface area contributed by atoms with E-state index in [4.69, 9.17) is 11.6 Å². The van der Waals surface area contributed by atoms with Gasteiger partial charge in [0.05, 0.1) is 27.9 Å². The van der Waals surface area contributed by atoms with Gasteiger partial charge < -0.3 is 10.6 Å². The third kappa shape index (κ3) is 3.08. The van der Waals surface area contributed by atoms with E-state index in [1.165, 1.54) is 0 Å². The van der Waals surface area contributed by atoms with Gasteiger partial charge in [-0.1, -0.05) is 25.4 Å². The first-order chi connectivity index (χ1) is 13.1. The van der Waals surface area contributed by atoms with Gasteiger partial charge >= 0.3 is 0 Å². The number of fused-ring (bicyclic) bond motifs is 2. The summed E-state index contributed by atoms with van der Waals surface area (Å²) < 4.78 is 16.3. The molecule has 0 aliphatic carbocycles. The number of H-pyrrole nitrogens is 1. The van der Waals surface area contributed by atoms with Crippen LogP contribution in [0.15, 0.2) is 30.6 Å². The second-order valence-electron chi connectivity index (χ2n) is 5.36. The molecule has 0 fully saturated rings. The summed E-state index contributed by atoms with van der Waals surface area (Å²) in [6.07, 6.45) is 3.88. The highest BCUT2D eigenvalue weighted by Crippen LogP contribution is 2.41. The molecule has 140 valence electrons. The Morgan fingerprint density at radius 2 is 2.11 bits per heavy atom. The van der Waals surface area contributed by atoms with E-state index >= 15 is 0 Å². The normalized spacial score (nSPS) is 10.6. The number of anilines is 2. The van der Waals surface area contributed by atoms with E-state index in [-0.39, 0.29) is 10.7 Å². The molecule has 3 N–H and O–H groups in total. The summed E-state index contributed by atoms with van der Waals surface area (Å²) in [5, 5.41) is 17.0. The number of benzene rings is 1. The molecule has 0 saturated carbocycles. The zero-order chi connectivity index (χ0) is 19.6. The first kappa shape index (κ1) is 18.7. The Labute approximate surface area is 159 Å². The summed E-state index contributed by atoms with van der Waals surface area (Å²) in [6, 6.07) is 5.29. The molecular weight excluding hydrogens is 371 g/mol. The molecule has 0 aliphatic rings. The van der Waals surface area contributed by atoms with E-state index in [9.17, 15) is 9.18 Å². The van der Waals surface area contributed by atoms with Crippen LogP contribution in [0.4, 0.5) is 15.9 Å². The number of nitrogens with zero attached hydrogens (tertiary/aromatic N) is 3. The van der Waals surface area contributed by atoms with Gasteiger partial charge in [-0.15, -0.1) is 0 Å². The zero-order valence-electron chi connectivity index (χ0n) is 15.0. The second kappa shape index (κ2) is 7.63. The lowest BCUT2D eigenvalue weighted by molar-refractivity contribution is -0.105. The fraction of sp³-hybridized carbons (Fsp3) is 0.167. The summed E-state index contributed by atoms with van der Waals surface area (Å²) in [6.45, 7) is 4.00. The van der Waals surface area contributed by atoms with Crippen LogP contribution in [-0.2, 0) is 4.79 Å². The van der Waals surface area contributed by atoms with E-state index in [1.54, 1.807) is 36.1 Å². The van der Waals surface area contributed by atoms with Crippen LogP contribution >= 0.6 is 11.6 Å². The molecule has 0 saturated heterocycles. The van der Waals surface area contributed by atoms with Crippen molar-refractivity contribution < 1.29 is 9.18 Å². The molecular formula is C18H18ClFN6O. The smallest absolute Gasteiger partial charge is 0.212 e. The largest absolute Gasteiger partial charge is 0.384 e. The van der Waals surface area contributed by atoms with Crippen LogP contribution in [0.5, 0.6) is 0 Å². The highest BCUT2D eigenvalue weighted by atomic mass is 35.5. The van der Waals surface area contributed by atoms with Crippen molar-refractivity contribution >= 4 is 45.9 Å². The molecule has 0 radical (unpaired) electrons. The number of hydrogen-bond donors (Lipinski definition) is 3. The number of nitrogens with one attached hydrogen (secondary N) is 3. The molecule has 1 aromatic carbocycles. The zero-order valence-corrected chi connectivity index (χ0v) is 15.7. The van der Waals surface area contributed by atoms with Crippen LogP contribution < -0.4 is 10.6 Å². The predicted molar refractivity (Wildman–Crippen MR) is 106 cm³/mol. The SMILES string of the molecule is CC.CNc1c(F)c(Cl)c(-c2ccn3nc(NC=O)cc3c2)c2cn[nH]c12. The second-order valence-corrected chi connectivity index (χ2v) is 5.74. The molecule has 9 heteroatoms. The highest BCUT2D eigenvalue weighted by molar-refractivity contribution is 6.36. The quantitative estimate of drug-likeness (QED) is 0.455. The van der Waals surface area contributed by atoms with Crippen molar-refractivity contribution in [3.63, 3.8) is 0 Å². The summed E-state index contributed by atoms with van der Waals surface area (Å²) in [4.78, 5) is 10.6. The average Bonchev–Trinajstić information content (AvgIpc) is 3.31. The van der Waals surface area contributed by atoms with E-state index < -0.39 is 5.82 Å². The fourth-order valence-electron chi connectivity index (χ4n) is 2.91. The van der Waals surface area contributed by atoms with Crippen molar-refractivity contribution in [2.24, 2.45) is 0 Å². The predicted octanol–water partition coefficient (Wildman–Crippen LogP) is 4.31. The highest BCUT2D eigenvalue weighted by Gasteiger charge is 2.20. The first-order valence-corrected chi connectivity index (χ1v) is 8.73. The van der Waals surface area contributed by atoms with Gasteiger partial charge in [-0.3, -0.25) is 9.89 Å². The fourth-order valence-corrected chi connectivity index (χ4v) is 3.22. The number of carbonyl (C=O) groups is 1. The van der Waals surface area contributed by atoms with Crippen molar-refractivity contribution in [3.05, 3.63) is 41.4 Å². The standard InChI is InChI=1S/C16H12ClFN6O.C2H6/c1-19-16-14(18)13(17)12(10-6-21-22-15(10)16)8-2-3-24-9(4-8)5-11(23-24)20-7-25;1-2/h2-7,19H,1H3,(H,21,22)(H,20,23,25);1-2H3. The maximum atomic E-state index is 14.7. The Morgan fingerprint density at radius 1 is 1.33 bits per heavy atom. The number of hydrogen-bond acceptors (Lipinski definition) is 4. The molecule has 0 unspecified atom stereocenters. The Bertz CT molecular complexity index is 1120. The summed E-state index contributed by atoms with van der Waals surface area (Å²) in [5.41, 5.74) is 2.78. The summed E-state index contributed by atoms with van der Waals surface area (Å²) in [5.74, 6) is -0.129. The molecule has 1 amide bonds. The molecule has 3 aromatic heterocycles. The molecule has 4 rings (SSSR count). The molecule has 0 spiro atoms. The number of amides is 1. The lowest BCUT2D eigenvalue weighted by Gasteiger charge is -2.12. The Kier molecular flexibility index (Phi) is 5.27. The number of carbonyl (C=O) groups excluding carboxylic acids is 1. The topological polar surface area (TPSA) is 87.1 Å². The van der Waals surface area contributed by atoms with E-state index in [0.717, 1.165) is 5.52 Å². The van der Waals surface area contributed by atoms with Gasteiger partial charge in [0.1, 0.15) is 0 Å². The molecule has 7 nitrogen and oxygen atoms in total. The van der Waals surface area contributed by atoms with Crippen LogP contribution in [0.2, 0.25) is 5.02 Å². The van der Waals surface area contributed by atoms with Crippen molar-refractivity contribution in [2.45, 2.75) is 13.8 Å². The third-order valence-electron chi connectivity index (χ3n) is 4.00. The maximum absolute atomic E-state index is 14.7. The first-order valence-electron chi connectivity index (χ1n) is 8.35. The molecule has 0 atom stereocenters. The van der Waals surface area contributed by atoms with Gasteiger partial charge in [-0.25, -0.2) is 8.91 Å². The summed E-state index contributed by atoms with van der Waals surface area (Å²) >= 11 is 6.32. The molecule has 4 aromatic rings. The summed E-state index contributed by atoms with van der Waals surface area (Å²) in [7, 11) is 1.62. The van der Waals surface area contributed by atoms with Crippen molar-refractivity contribution in [1.29, 1.82) is 0 Å². The van der Waals surface area contributed by atoms with Crippen LogP contribution in [0, 0.1) is 5.82 Å². The van der Waals surface area contributed by atoms with Gasteiger partial charge in [0, 0.05) is 30.3 Å². The van der Waals surface area contributed by atoms with E-state index in [1.807, 2.05) is 19.9 Å². The molecule has 0 bridgehead atoms. The van der Waals surface area contributed by atoms with Crippen molar-refractivity contribution in [3.8, 4) is 11.1 Å². The van der Waals surface area contributed by atoms with Crippen molar-refractivity contribution in [2.75, 3.05) is 17.7 Å². The third-order valence-corrected chi connectivity index (χ3v) is 4.35. The van der Waals surface area contributed by atoms with Gasteiger partial charge in [-0.2, -0.15) is 10.2 Å². The minimum atomic E-state index is -0.549. The van der Waals surface area contributed by atoms with E-state index in [2.05, 4.69) is 25.9 Å². The van der Waals surface area contributed by atoms with Crippen LogP contribution in [0.1, 0.15) is 13.8 Å². The number of pyridine rings is 1. The Hall–Kier alpha value is -3.13. The average molecular weight is 389 g/mol. The van der Waals surface area contributed by atoms with Gasteiger partial charge in [0.25, 0.3) is 0 Å². The monoisotopic (exact) mass is 388 g/mol. The van der Waals surface area contributed by atoms with Crippen LogP contribution in [-0.4, -0.2) is 33.3 Å². The Morgan fingerprint density at radius 3 is 2.81 bits per heavy atom. The minimum Gasteiger partial charge on any atom is -0.384 e. The van der Waals surface area contributed by atoms with Gasteiger partial charge in [-0.05, 0) is 17.7 Å². The lowest BCUT2D eigenvalue weighted by atomic mass is 10.0. The van der Waals surface area contributed by atoms with Crippen molar-refractivity contribution in [1.82, 2.24) is 19.8 Å². The van der Waals surface area contributed by atoms with E-state index in [0.29, 0.717) is 34.3 Å². The van der Waals surface area contributed by atoms with Crippen LogP contribution in [0.25, 0.3) is 27.5 Å². The van der Waals surface area contributed by atoms with Gasteiger partial charge in [0.2, 0.25) is 6.41 Å². The number of rotatable bonds is 4. The Balaban J connectivity index is 0.00000102.